The molecule has 0 N–H and O–H groups in total. The van der Waals surface area contributed by atoms with E-state index >= 15 is 0 Å². The van der Waals surface area contributed by atoms with Crippen molar-refractivity contribution in [3.05, 3.63) is 28.2 Å². The van der Waals surface area contributed by atoms with E-state index in [1.807, 2.05) is 0 Å². The molecule has 0 amide bonds. The molecule has 0 aliphatic heterocycles. The van der Waals surface area contributed by atoms with Crippen LogP contribution >= 0.6 is 23.2 Å². The Morgan fingerprint density at radius 3 is 2.65 bits per heavy atom. The maximum atomic E-state index is 13.2. The van der Waals surface area contributed by atoms with E-state index in [1.165, 1.54) is 19.1 Å². The molecular formula is C10H8Cl2F2O3. The van der Waals surface area contributed by atoms with Crippen molar-refractivity contribution in [3.8, 4) is 5.75 Å². The van der Waals surface area contributed by atoms with E-state index in [4.69, 9.17) is 23.2 Å². The number of halogens is 4. The van der Waals surface area contributed by atoms with Crippen molar-refractivity contribution in [2.45, 2.75) is 13.0 Å². The molecule has 17 heavy (non-hydrogen) atoms. The van der Waals surface area contributed by atoms with Crippen LogP contribution in [0.2, 0.25) is 10.0 Å². The Morgan fingerprint density at radius 1 is 1.41 bits per heavy atom. The molecule has 0 atom stereocenters. The molecule has 0 saturated carbocycles. The first-order valence-electron chi connectivity index (χ1n) is 4.56. The minimum atomic E-state index is -4.11. The molecule has 0 aliphatic carbocycles. The van der Waals surface area contributed by atoms with Crippen molar-refractivity contribution < 1.29 is 23.0 Å². The van der Waals surface area contributed by atoms with Crippen LogP contribution < -0.4 is 4.74 Å². The van der Waals surface area contributed by atoms with Gasteiger partial charge in [-0.3, -0.25) is 0 Å². The van der Waals surface area contributed by atoms with Gasteiger partial charge in [0.2, 0.25) is 0 Å². The first kappa shape index (κ1) is 14.0. The zero-order valence-electron chi connectivity index (χ0n) is 8.68. The molecule has 0 saturated heterocycles. The fourth-order valence-corrected chi connectivity index (χ4v) is 1.27. The first-order valence-corrected chi connectivity index (χ1v) is 5.31. The second-order valence-corrected chi connectivity index (χ2v) is 3.76. The van der Waals surface area contributed by atoms with Crippen LogP contribution in [-0.2, 0) is 9.53 Å². The molecule has 0 heterocycles. The molecule has 0 aliphatic rings. The number of benzene rings is 1. The van der Waals surface area contributed by atoms with Crippen LogP contribution in [0, 0.1) is 0 Å². The Hall–Kier alpha value is -1.07. The molecule has 0 bridgehead atoms. The Balaban J connectivity index is 2.89. The van der Waals surface area contributed by atoms with Gasteiger partial charge in [-0.2, -0.15) is 8.78 Å². The summed E-state index contributed by atoms with van der Waals surface area (Å²) in [6.45, 7) is 1.22. The highest BCUT2D eigenvalue weighted by Gasteiger charge is 2.44. The highest BCUT2D eigenvalue weighted by Crippen LogP contribution is 2.32. The van der Waals surface area contributed by atoms with Crippen molar-refractivity contribution in [3.63, 3.8) is 0 Å². The number of hydrogen-bond donors (Lipinski definition) is 0. The monoisotopic (exact) mass is 284 g/mol. The average molecular weight is 285 g/mol. The van der Waals surface area contributed by atoms with Crippen molar-refractivity contribution in [1.29, 1.82) is 0 Å². The fourth-order valence-electron chi connectivity index (χ4n) is 0.950. The normalized spacial score (nSPS) is 11.1. The van der Waals surface area contributed by atoms with Crippen LogP contribution in [0.5, 0.6) is 5.75 Å². The molecule has 1 aromatic carbocycles. The number of rotatable bonds is 4. The Kier molecular flexibility index (Phi) is 4.54. The summed E-state index contributed by atoms with van der Waals surface area (Å²) >= 11 is 11.2. The third-order valence-corrected chi connectivity index (χ3v) is 2.19. The quantitative estimate of drug-likeness (QED) is 0.794. The zero-order chi connectivity index (χ0) is 13.1. The van der Waals surface area contributed by atoms with Gasteiger partial charge in [0.05, 0.1) is 11.6 Å². The second-order valence-electron chi connectivity index (χ2n) is 2.91. The maximum Gasteiger partial charge on any atom is 0.502 e. The molecule has 7 heteroatoms. The van der Waals surface area contributed by atoms with Gasteiger partial charge in [-0.25, -0.2) is 4.79 Å². The summed E-state index contributed by atoms with van der Waals surface area (Å²) in [5.41, 5.74) is 0. The lowest BCUT2D eigenvalue weighted by atomic mass is 10.3. The van der Waals surface area contributed by atoms with Crippen LogP contribution in [0.1, 0.15) is 6.92 Å². The van der Waals surface area contributed by atoms with E-state index in [1.54, 1.807) is 0 Å². The highest BCUT2D eigenvalue weighted by molar-refractivity contribution is 6.34. The van der Waals surface area contributed by atoms with Gasteiger partial charge in [0.1, 0.15) is 5.75 Å². The minimum absolute atomic E-state index is 0.0848. The molecule has 1 aromatic rings. The fraction of sp³-hybridized carbons (Fsp3) is 0.300. The lowest BCUT2D eigenvalue weighted by Gasteiger charge is -2.16. The van der Waals surface area contributed by atoms with Gasteiger partial charge >= 0.3 is 12.1 Å². The molecule has 0 radical (unpaired) electrons. The summed E-state index contributed by atoms with van der Waals surface area (Å²) in [7, 11) is 0. The summed E-state index contributed by atoms with van der Waals surface area (Å²) in [5, 5.41) is 0.0717. The Bertz CT molecular complexity index is 424. The summed E-state index contributed by atoms with van der Waals surface area (Å²) in [5.74, 6) is -2.17. The van der Waals surface area contributed by atoms with Crippen molar-refractivity contribution in [1.82, 2.24) is 0 Å². The number of carbonyl (C=O) groups excluding carboxylic acids is 1. The molecule has 3 nitrogen and oxygen atoms in total. The van der Waals surface area contributed by atoms with E-state index in [2.05, 4.69) is 9.47 Å². The van der Waals surface area contributed by atoms with Crippen LogP contribution in [0.3, 0.4) is 0 Å². The molecule has 0 spiro atoms. The van der Waals surface area contributed by atoms with E-state index in [-0.39, 0.29) is 16.7 Å². The van der Waals surface area contributed by atoms with Gasteiger partial charge in [0.25, 0.3) is 0 Å². The number of esters is 1. The number of alkyl halides is 2. The predicted molar refractivity (Wildman–Crippen MR) is 58.7 cm³/mol. The Morgan fingerprint density at radius 2 is 2.06 bits per heavy atom. The summed E-state index contributed by atoms with van der Waals surface area (Å²) < 4.78 is 34.8. The van der Waals surface area contributed by atoms with Crippen LogP contribution in [0.4, 0.5) is 8.78 Å². The zero-order valence-corrected chi connectivity index (χ0v) is 10.2. The molecule has 0 aromatic heterocycles. The first-order chi connectivity index (χ1) is 7.86. The third-order valence-electron chi connectivity index (χ3n) is 1.64. The van der Waals surface area contributed by atoms with Gasteiger partial charge < -0.3 is 9.47 Å². The maximum absolute atomic E-state index is 13.2. The van der Waals surface area contributed by atoms with E-state index < -0.39 is 17.8 Å². The van der Waals surface area contributed by atoms with E-state index in [0.717, 1.165) is 6.07 Å². The molecule has 0 unspecified atom stereocenters. The van der Waals surface area contributed by atoms with Crippen LogP contribution in [-0.4, -0.2) is 18.7 Å². The summed E-state index contributed by atoms with van der Waals surface area (Å²) in [6, 6.07) is 3.76. The molecular weight excluding hydrogens is 277 g/mol. The lowest BCUT2D eigenvalue weighted by Crippen LogP contribution is -2.36. The SMILES string of the molecule is CCOC(=O)C(F)(F)Oc1cc(Cl)ccc1Cl. The smallest absolute Gasteiger partial charge is 0.459 e. The predicted octanol–water partition coefficient (Wildman–Crippen LogP) is 3.53. The molecule has 0 fully saturated rings. The van der Waals surface area contributed by atoms with Crippen molar-refractivity contribution >= 4 is 29.2 Å². The molecule has 1 rings (SSSR count). The van der Waals surface area contributed by atoms with Crippen molar-refractivity contribution in [2.75, 3.05) is 6.61 Å². The summed E-state index contributed by atoms with van der Waals surface area (Å²) in [6.07, 6.45) is -4.11. The third kappa shape index (κ3) is 3.71. The van der Waals surface area contributed by atoms with E-state index in [0.29, 0.717) is 0 Å². The average Bonchev–Trinajstić information content (AvgIpc) is 2.23. The van der Waals surface area contributed by atoms with E-state index in [9.17, 15) is 13.6 Å². The van der Waals surface area contributed by atoms with Gasteiger partial charge in [-0.05, 0) is 19.1 Å². The second kappa shape index (κ2) is 5.51. The van der Waals surface area contributed by atoms with Gasteiger partial charge in [-0.1, -0.05) is 23.2 Å². The largest absolute Gasteiger partial charge is 0.502 e. The summed E-state index contributed by atoms with van der Waals surface area (Å²) in [4.78, 5) is 10.9. The number of hydrogen-bond acceptors (Lipinski definition) is 3. The molecule has 94 valence electrons. The standard InChI is InChI=1S/C10H8Cl2F2O3/c1-2-16-9(15)10(13,14)17-8-5-6(11)3-4-7(8)12/h3-5H,2H2,1H3. The topological polar surface area (TPSA) is 35.5 Å². The number of ether oxygens (including phenoxy) is 2. The van der Waals surface area contributed by atoms with Gasteiger partial charge in [0.15, 0.2) is 0 Å². The van der Waals surface area contributed by atoms with Crippen LogP contribution in [0.15, 0.2) is 18.2 Å². The van der Waals surface area contributed by atoms with Crippen molar-refractivity contribution in [2.24, 2.45) is 0 Å². The lowest BCUT2D eigenvalue weighted by molar-refractivity contribution is -0.216. The highest BCUT2D eigenvalue weighted by atomic mass is 35.5. The number of carbonyl (C=O) groups is 1. The minimum Gasteiger partial charge on any atom is -0.459 e. The van der Waals surface area contributed by atoms with Gasteiger partial charge in [0, 0.05) is 11.1 Å². The Labute approximate surface area is 106 Å². The van der Waals surface area contributed by atoms with Gasteiger partial charge in [-0.15, -0.1) is 0 Å². The van der Waals surface area contributed by atoms with Crippen LogP contribution in [0.25, 0.3) is 0 Å².